The number of amides is 2. The Labute approximate surface area is 189 Å². The van der Waals surface area contributed by atoms with Gasteiger partial charge in [-0.2, -0.15) is 0 Å². The van der Waals surface area contributed by atoms with Gasteiger partial charge in [0.15, 0.2) is 0 Å². The van der Waals surface area contributed by atoms with Crippen molar-refractivity contribution in [1.29, 1.82) is 0 Å². The normalized spacial score (nSPS) is 13.3. The molecule has 0 rings (SSSR count). The van der Waals surface area contributed by atoms with Crippen LogP contribution < -0.4 is 15.0 Å². The number of alkyl carbamates (subject to hydrolysis) is 1. The quantitative estimate of drug-likeness (QED) is 0.248. The monoisotopic (exact) mass is 513 g/mol. The Morgan fingerprint density at radius 3 is 2.23 bits per heavy atom. The predicted molar refractivity (Wildman–Crippen MR) is 118 cm³/mol. The number of carbonyl (C=O) groups is 4. The van der Waals surface area contributed by atoms with Crippen molar-refractivity contribution >= 4 is 49.6 Å². The Balaban J connectivity index is 4.68. The van der Waals surface area contributed by atoms with E-state index < -0.39 is 50.8 Å². The summed E-state index contributed by atoms with van der Waals surface area (Å²) < 4.78 is 12.7. The van der Waals surface area contributed by atoms with E-state index in [4.69, 9.17) is 9.47 Å². The summed E-state index contributed by atoms with van der Waals surface area (Å²) in [6, 6.07) is -1.36. The van der Waals surface area contributed by atoms with Crippen molar-refractivity contribution in [3.05, 3.63) is 0 Å². The third kappa shape index (κ3) is 13.8. The van der Waals surface area contributed by atoms with E-state index in [0.29, 0.717) is 12.8 Å². The molecule has 0 saturated carbocycles. The maximum absolute atomic E-state index is 12.5. The van der Waals surface area contributed by atoms with Crippen LogP contribution in [0.25, 0.3) is 0 Å². The van der Waals surface area contributed by atoms with Crippen LogP contribution in [0.5, 0.6) is 0 Å². The molecule has 0 aromatic rings. The molecule has 0 spiro atoms. The van der Waals surface area contributed by atoms with Crippen LogP contribution in [0.4, 0.5) is 4.79 Å². The van der Waals surface area contributed by atoms with Crippen LogP contribution in [0.15, 0.2) is 0 Å². The SMILES string of the molecule is COC(=O)[C@H](CCSC)N[Se]C(=O)CNC(=O)[C@H](CC(C)C)NC(=O)OC(C)(C)C. The molecule has 0 radical (unpaired) electrons. The molecular formula is C19H35N3O6SSe. The van der Waals surface area contributed by atoms with Crippen LogP contribution in [0.3, 0.4) is 0 Å². The first-order chi connectivity index (χ1) is 13.9. The van der Waals surface area contributed by atoms with E-state index in [1.165, 1.54) is 7.11 Å². The van der Waals surface area contributed by atoms with Crippen LogP contribution in [0.2, 0.25) is 0 Å². The fraction of sp³-hybridized carbons (Fsp3) is 0.789. The van der Waals surface area contributed by atoms with Gasteiger partial charge in [0.05, 0.1) is 0 Å². The number of rotatable bonds is 13. The van der Waals surface area contributed by atoms with Crippen LogP contribution in [-0.2, 0) is 23.9 Å². The summed E-state index contributed by atoms with van der Waals surface area (Å²) in [7, 11) is 1.30. The molecule has 0 aliphatic rings. The topological polar surface area (TPSA) is 123 Å². The molecule has 0 saturated heterocycles. The van der Waals surface area contributed by atoms with Crippen molar-refractivity contribution in [1.82, 2.24) is 15.0 Å². The summed E-state index contributed by atoms with van der Waals surface area (Å²) in [4.78, 5) is 48.5. The van der Waals surface area contributed by atoms with Crippen molar-refractivity contribution in [2.24, 2.45) is 5.92 Å². The molecule has 3 N–H and O–H groups in total. The van der Waals surface area contributed by atoms with Gasteiger partial charge in [-0.15, -0.1) is 0 Å². The van der Waals surface area contributed by atoms with Crippen LogP contribution in [0, 0.1) is 5.92 Å². The molecule has 2 amide bonds. The average Bonchev–Trinajstić information content (AvgIpc) is 2.63. The van der Waals surface area contributed by atoms with Gasteiger partial charge in [0.1, 0.15) is 0 Å². The second-order valence-corrected chi connectivity index (χ2v) is 10.9. The fourth-order valence-electron chi connectivity index (χ4n) is 2.21. The van der Waals surface area contributed by atoms with Gasteiger partial charge >= 0.3 is 190 Å². The molecule has 0 bridgehead atoms. The molecule has 174 valence electrons. The number of ether oxygens (including phenoxy) is 2. The summed E-state index contributed by atoms with van der Waals surface area (Å²) >= 11 is 0.897. The van der Waals surface area contributed by atoms with Crippen LogP contribution in [0.1, 0.15) is 47.5 Å². The number of esters is 1. The van der Waals surface area contributed by atoms with E-state index in [0.717, 1.165) is 5.75 Å². The summed E-state index contributed by atoms with van der Waals surface area (Å²) in [5.41, 5.74) is -0.681. The average molecular weight is 513 g/mol. The first kappa shape index (κ1) is 28.7. The summed E-state index contributed by atoms with van der Waals surface area (Å²) in [6.07, 6.45) is 2.20. The van der Waals surface area contributed by atoms with Gasteiger partial charge in [-0.1, -0.05) is 0 Å². The van der Waals surface area contributed by atoms with Gasteiger partial charge in [-0.3, -0.25) is 0 Å². The molecular weight excluding hydrogens is 477 g/mol. The number of nitrogens with one attached hydrogen (secondary N) is 3. The maximum atomic E-state index is 12.5. The fourth-order valence-corrected chi connectivity index (χ4v) is 4.01. The number of hydrogen-bond donors (Lipinski definition) is 3. The van der Waals surface area contributed by atoms with Crippen LogP contribution >= 0.6 is 11.8 Å². The molecule has 0 aliphatic carbocycles. The van der Waals surface area contributed by atoms with E-state index >= 15 is 0 Å². The standard InChI is InChI=1S/C19H35N3O6SSe/c1-12(2)10-14(21-18(26)28-19(3,4)5)16(24)20-11-15(23)30-22-13(8-9-29-7)17(25)27-6/h12-14,22H,8-11H2,1-7H3,(H,20,24)(H,21,26)/t13-,14-/m0/s1. The number of hydrogen-bond acceptors (Lipinski definition) is 8. The van der Waals surface area contributed by atoms with Crippen molar-refractivity contribution in [3.63, 3.8) is 0 Å². The molecule has 30 heavy (non-hydrogen) atoms. The molecule has 0 aliphatic heterocycles. The first-order valence-electron chi connectivity index (χ1n) is 9.68. The van der Waals surface area contributed by atoms with Gasteiger partial charge in [-0.05, 0) is 0 Å². The Morgan fingerprint density at radius 1 is 1.10 bits per heavy atom. The molecule has 0 fully saturated rings. The molecule has 0 aromatic heterocycles. The Morgan fingerprint density at radius 2 is 1.73 bits per heavy atom. The van der Waals surface area contributed by atoms with Crippen molar-refractivity contribution in [2.45, 2.75) is 65.1 Å². The zero-order valence-electron chi connectivity index (χ0n) is 18.8. The Bertz CT molecular complexity index is 583. The molecule has 0 heterocycles. The molecule has 0 unspecified atom stereocenters. The second kappa shape index (κ2) is 14.7. The van der Waals surface area contributed by atoms with Crippen molar-refractivity contribution < 1.29 is 28.7 Å². The van der Waals surface area contributed by atoms with Crippen molar-refractivity contribution in [3.8, 4) is 0 Å². The predicted octanol–water partition coefficient (Wildman–Crippen LogP) is 1.07. The third-order valence-corrected chi connectivity index (χ3v) is 5.80. The van der Waals surface area contributed by atoms with E-state index in [2.05, 4.69) is 15.0 Å². The van der Waals surface area contributed by atoms with E-state index in [9.17, 15) is 19.2 Å². The van der Waals surface area contributed by atoms with Gasteiger partial charge < -0.3 is 0 Å². The summed E-state index contributed by atoms with van der Waals surface area (Å²) in [5, 5.41) is 5.13. The van der Waals surface area contributed by atoms with Gasteiger partial charge in [0, 0.05) is 0 Å². The third-order valence-electron chi connectivity index (χ3n) is 3.53. The van der Waals surface area contributed by atoms with E-state index in [1.54, 1.807) is 32.5 Å². The number of carbonyl (C=O) groups excluding carboxylic acids is 4. The molecule has 2 atom stereocenters. The molecule has 9 nitrogen and oxygen atoms in total. The number of thioether (sulfide) groups is 1. The van der Waals surface area contributed by atoms with Gasteiger partial charge in [0.25, 0.3) is 0 Å². The van der Waals surface area contributed by atoms with Crippen LogP contribution in [-0.4, -0.2) is 81.2 Å². The zero-order valence-corrected chi connectivity index (χ0v) is 21.4. The van der Waals surface area contributed by atoms with Crippen molar-refractivity contribution in [2.75, 3.05) is 25.7 Å². The van der Waals surface area contributed by atoms with E-state index in [1.807, 2.05) is 20.1 Å². The zero-order chi connectivity index (χ0) is 23.3. The first-order valence-corrected chi connectivity index (χ1v) is 12.8. The minimum atomic E-state index is -0.808. The Hall–Kier alpha value is -1.29. The second-order valence-electron chi connectivity index (χ2n) is 8.00. The Kier molecular flexibility index (Phi) is 14.0. The summed E-state index contributed by atoms with van der Waals surface area (Å²) in [5.74, 6) is 0.0301. The van der Waals surface area contributed by atoms with Gasteiger partial charge in [-0.25, -0.2) is 0 Å². The molecule has 11 heteroatoms. The molecule has 0 aromatic carbocycles. The number of methoxy groups -OCH3 is 1. The van der Waals surface area contributed by atoms with E-state index in [-0.39, 0.29) is 17.1 Å². The minimum absolute atomic E-state index is 0.148. The summed E-state index contributed by atoms with van der Waals surface area (Å²) in [6.45, 7) is 8.87. The van der Waals surface area contributed by atoms with Gasteiger partial charge in [0.2, 0.25) is 0 Å².